The Labute approximate surface area is 161 Å². The fraction of sp³-hybridized carbons (Fsp3) is 0.368. The predicted octanol–water partition coefficient (Wildman–Crippen LogP) is 2.65. The second-order valence-corrected chi connectivity index (χ2v) is 7.37. The van der Waals surface area contributed by atoms with Gasteiger partial charge < -0.3 is 10.6 Å². The average Bonchev–Trinajstić information content (AvgIpc) is 3.27. The van der Waals surface area contributed by atoms with Gasteiger partial charge in [0.1, 0.15) is 6.04 Å². The topological polar surface area (TPSA) is 88.9 Å². The van der Waals surface area contributed by atoms with Gasteiger partial charge in [0.25, 0.3) is 5.91 Å². The molecule has 0 aliphatic heterocycles. The Morgan fingerprint density at radius 1 is 1.37 bits per heavy atom. The average molecular weight is 385 g/mol. The van der Waals surface area contributed by atoms with Crippen LogP contribution in [0.3, 0.4) is 0 Å². The van der Waals surface area contributed by atoms with Crippen LogP contribution in [0.4, 0.5) is 0 Å². The van der Waals surface area contributed by atoms with Crippen molar-refractivity contribution in [1.82, 2.24) is 25.4 Å². The standard InChI is InChI=1S/C19H23N5O2S/c1-5-8-20-18(25)12(3)21-19(26)13-10-14(15-7-6-9-27-15)22-17-16(13)11(2)23-24(17)4/h6-7,9-10,12H,5,8H2,1-4H3,(H,20,25)(H,21,26). The van der Waals surface area contributed by atoms with Gasteiger partial charge >= 0.3 is 0 Å². The van der Waals surface area contributed by atoms with E-state index in [0.717, 1.165) is 17.0 Å². The molecule has 0 aliphatic rings. The maximum atomic E-state index is 13.0. The predicted molar refractivity (Wildman–Crippen MR) is 107 cm³/mol. The molecule has 2 N–H and O–H groups in total. The van der Waals surface area contributed by atoms with Gasteiger partial charge in [-0.25, -0.2) is 4.98 Å². The van der Waals surface area contributed by atoms with Crippen LogP contribution < -0.4 is 10.6 Å². The number of carbonyl (C=O) groups excluding carboxylic acids is 2. The van der Waals surface area contributed by atoms with E-state index in [1.807, 2.05) is 38.4 Å². The highest BCUT2D eigenvalue weighted by atomic mass is 32.1. The van der Waals surface area contributed by atoms with Gasteiger partial charge in [-0.3, -0.25) is 14.3 Å². The highest BCUT2D eigenvalue weighted by Crippen LogP contribution is 2.29. The van der Waals surface area contributed by atoms with E-state index >= 15 is 0 Å². The molecule has 0 radical (unpaired) electrons. The first kappa shape index (κ1) is 19.0. The second-order valence-electron chi connectivity index (χ2n) is 6.43. The number of thiophene rings is 1. The molecule has 3 heterocycles. The van der Waals surface area contributed by atoms with Gasteiger partial charge in [0, 0.05) is 13.6 Å². The first-order valence-electron chi connectivity index (χ1n) is 8.89. The summed E-state index contributed by atoms with van der Waals surface area (Å²) in [5.41, 5.74) is 2.57. The number of aryl methyl sites for hydroxylation is 2. The lowest BCUT2D eigenvalue weighted by Crippen LogP contribution is -2.45. The summed E-state index contributed by atoms with van der Waals surface area (Å²) in [6.45, 7) is 6.10. The van der Waals surface area contributed by atoms with Crippen molar-refractivity contribution in [3.8, 4) is 10.6 Å². The number of rotatable bonds is 6. The lowest BCUT2D eigenvalue weighted by molar-refractivity contribution is -0.122. The van der Waals surface area contributed by atoms with E-state index < -0.39 is 6.04 Å². The third-order valence-electron chi connectivity index (χ3n) is 4.28. The molecule has 0 aliphatic carbocycles. The minimum atomic E-state index is -0.630. The van der Waals surface area contributed by atoms with Crippen molar-refractivity contribution in [3.63, 3.8) is 0 Å². The van der Waals surface area contributed by atoms with Crippen molar-refractivity contribution in [1.29, 1.82) is 0 Å². The Bertz CT molecular complexity index is 978. The SMILES string of the molecule is CCCNC(=O)C(C)NC(=O)c1cc(-c2cccs2)nc2c1c(C)nn2C. The summed E-state index contributed by atoms with van der Waals surface area (Å²) in [7, 11) is 1.81. The molecule has 0 spiro atoms. The van der Waals surface area contributed by atoms with Crippen LogP contribution in [-0.4, -0.2) is 39.2 Å². The normalized spacial score (nSPS) is 12.1. The first-order chi connectivity index (χ1) is 12.9. The monoisotopic (exact) mass is 385 g/mol. The van der Waals surface area contributed by atoms with Gasteiger partial charge in [-0.15, -0.1) is 11.3 Å². The molecule has 2 amide bonds. The summed E-state index contributed by atoms with van der Waals surface area (Å²) < 4.78 is 1.68. The molecule has 3 rings (SSSR count). The maximum Gasteiger partial charge on any atom is 0.252 e. The molecule has 8 heteroatoms. The molecule has 0 fully saturated rings. The molecule has 3 aromatic rings. The van der Waals surface area contributed by atoms with Gasteiger partial charge in [0.15, 0.2) is 5.65 Å². The first-order valence-corrected chi connectivity index (χ1v) is 9.77. The van der Waals surface area contributed by atoms with Gasteiger partial charge in [0.2, 0.25) is 5.91 Å². The summed E-state index contributed by atoms with van der Waals surface area (Å²) in [4.78, 5) is 30.7. The molecule has 142 valence electrons. The van der Waals surface area contributed by atoms with Crippen molar-refractivity contribution < 1.29 is 9.59 Å². The van der Waals surface area contributed by atoms with Crippen LogP contribution in [0.25, 0.3) is 21.6 Å². The zero-order chi connectivity index (χ0) is 19.6. The number of pyridine rings is 1. The van der Waals surface area contributed by atoms with Crippen LogP contribution in [0, 0.1) is 6.92 Å². The molecule has 0 saturated carbocycles. The summed E-state index contributed by atoms with van der Waals surface area (Å²) >= 11 is 1.56. The number of nitrogens with one attached hydrogen (secondary N) is 2. The molecule has 3 aromatic heterocycles. The van der Waals surface area contributed by atoms with Crippen LogP contribution in [0.15, 0.2) is 23.6 Å². The lowest BCUT2D eigenvalue weighted by atomic mass is 10.1. The molecule has 0 saturated heterocycles. The Morgan fingerprint density at radius 3 is 2.81 bits per heavy atom. The summed E-state index contributed by atoms with van der Waals surface area (Å²) in [6, 6.07) is 5.05. The molecular weight excluding hydrogens is 362 g/mol. The van der Waals surface area contributed by atoms with Crippen LogP contribution in [0.2, 0.25) is 0 Å². The van der Waals surface area contributed by atoms with E-state index in [1.54, 1.807) is 29.0 Å². The molecule has 1 unspecified atom stereocenters. The van der Waals surface area contributed by atoms with E-state index in [9.17, 15) is 9.59 Å². The van der Waals surface area contributed by atoms with Crippen molar-refractivity contribution in [2.75, 3.05) is 6.54 Å². The van der Waals surface area contributed by atoms with Crippen molar-refractivity contribution in [2.24, 2.45) is 7.05 Å². The van der Waals surface area contributed by atoms with E-state index in [4.69, 9.17) is 0 Å². The number of hydrogen-bond donors (Lipinski definition) is 2. The zero-order valence-electron chi connectivity index (χ0n) is 15.9. The Hall–Kier alpha value is -2.74. The summed E-state index contributed by atoms with van der Waals surface area (Å²) in [5.74, 6) is -0.507. The number of aromatic nitrogens is 3. The van der Waals surface area contributed by atoms with E-state index in [2.05, 4.69) is 20.7 Å². The summed E-state index contributed by atoms with van der Waals surface area (Å²) in [6.07, 6.45) is 0.844. The van der Waals surface area contributed by atoms with Gasteiger partial charge in [-0.2, -0.15) is 5.10 Å². The van der Waals surface area contributed by atoms with Crippen LogP contribution >= 0.6 is 11.3 Å². The molecule has 0 aromatic carbocycles. The van der Waals surface area contributed by atoms with Crippen molar-refractivity contribution in [2.45, 2.75) is 33.2 Å². The number of amides is 2. The Morgan fingerprint density at radius 2 is 2.15 bits per heavy atom. The van der Waals surface area contributed by atoms with Gasteiger partial charge in [-0.1, -0.05) is 13.0 Å². The van der Waals surface area contributed by atoms with Crippen molar-refractivity contribution in [3.05, 3.63) is 34.8 Å². The third-order valence-corrected chi connectivity index (χ3v) is 5.17. The van der Waals surface area contributed by atoms with Gasteiger partial charge in [0.05, 0.1) is 27.2 Å². The fourth-order valence-corrected chi connectivity index (χ4v) is 3.60. The number of carbonyl (C=O) groups is 2. The van der Waals surface area contributed by atoms with E-state index in [-0.39, 0.29) is 11.8 Å². The number of nitrogens with zero attached hydrogens (tertiary/aromatic N) is 3. The second kappa shape index (κ2) is 7.87. The third kappa shape index (κ3) is 3.85. The quantitative estimate of drug-likeness (QED) is 0.683. The van der Waals surface area contributed by atoms with Crippen LogP contribution in [-0.2, 0) is 11.8 Å². The number of fused-ring (bicyclic) bond motifs is 1. The van der Waals surface area contributed by atoms with Crippen LogP contribution in [0.5, 0.6) is 0 Å². The lowest BCUT2D eigenvalue weighted by Gasteiger charge is -2.15. The molecular formula is C19H23N5O2S. The smallest absolute Gasteiger partial charge is 0.252 e. The molecule has 0 bridgehead atoms. The number of hydrogen-bond acceptors (Lipinski definition) is 5. The maximum absolute atomic E-state index is 13.0. The fourth-order valence-electron chi connectivity index (χ4n) is 2.92. The Kier molecular flexibility index (Phi) is 5.55. The minimum Gasteiger partial charge on any atom is -0.354 e. The van der Waals surface area contributed by atoms with Gasteiger partial charge in [-0.05, 0) is 37.8 Å². The van der Waals surface area contributed by atoms with Crippen LogP contribution in [0.1, 0.15) is 36.3 Å². The van der Waals surface area contributed by atoms with Crippen molar-refractivity contribution >= 4 is 34.2 Å². The minimum absolute atomic E-state index is 0.197. The highest BCUT2D eigenvalue weighted by Gasteiger charge is 2.22. The molecule has 1 atom stereocenters. The largest absolute Gasteiger partial charge is 0.354 e. The van der Waals surface area contributed by atoms with E-state index in [1.165, 1.54) is 0 Å². The molecule has 7 nitrogen and oxygen atoms in total. The highest BCUT2D eigenvalue weighted by molar-refractivity contribution is 7.13. The summed E-state index contributed by atoms with van der Waals surface area (Å²) in [5, 5.41) is 12.7. The van der Waals surface area contributed by atoms with E-state index in [0.29, 0.717) is 28.8 Å². The molecule has 27 heavy (non-hydrogen) atoms. The zero-order valence-corrected chi connectivity index (χ0v) is 16.7. The Balaban J connectivity index is 1.99.